The van der Waals surface area contributed by atoms with E-state index in [1.54, 1.807) is 0 Å². The molecule has 1 aromatic heterocycles. The Balaban J connectivity index is 1.94. The second kappa shape index (κ2) is 3.86. The summed E-state index contributed by atoms with van der Waals surface area (Å²) in [5.41, 5.74) is 3.54. The molecule has 2 heteroatoms. The zero-order valence-corrected chi connectivity index (χ0v) is 8.24. The topological polar surface area (TPSA) is 17.0 Å². The molecule has 1 aliphatic rings. The average Bonchev–Trinajstić information content (AvgIpc) is 2.76. The Bertz CT molecular complexity index is 241. The van der Waals surface area contributed by atoms with Crippen molar-refractivity contribution in [2.75, 3.05) is 5.43 Å². The van der Waals surface area contributed by atoms with Gasteiger partial charge < -0.3 is 5.43 Å². The van der Waals surface area contributed by atoms with Crippen LogP contribution in [0, 0.1) is 5.92 Å². The van der Waals surface area contributed by atoms with Gasteiger partial charge in [0.2, 0.25) is 0 Å². The Morgan fingerprint density at radius 2 is 2.08 bits per heavy atom. The van der Waals surface area contributed by atoms with Gasteiger partial charge in [-0.3, -0.25) is 4.68 Å². The molecule has 1 aromatic rings. The van der Waals surface area contributed by atoms with Crippen molar-refractivity contribution in [3.05, 3.63) is 24.5 Å². The van der Waals surface area contributed by atoms with Crippen molar-refractivity contribution in [2.45, 2.75) is 38.6 Å². The number of nitrogens with one attached hydrogen (secondary N) is 1. The van der Waals surface area contributed by atoms with E-state index in [0.29, 0.717) is 6.04 Å². The highest BCUT2D eigenvalue weighted by atomic mass is 15.4. The molecule has 1 fully saturated rings. The third-order valence-corrected chi connectivity index (χ3v) is 3.10. The van der Waals surface area contributed by atoms with Gasteiger partial charge in [-0.2, -0.15) is 0 Å². The largest absolute Gasteiger partial charge is 0.323 e. The molecule has 2 rings (SSSR count). The van der Waals surface area contributed by atoms with Crippen LogP contribution in [-0.4, -0.2) is 10.7 Å². The molecule has 0 aromatic carbocycles. The van der Waals surface area contributed by atoms with E-state index in [-0.39, 0.29) is 0 Å². The number of nitrogens with zero attached hydrogens (tertiary/aromatic N) is 1. The predicted octanol–water partition coefficient (Wildman–Crippen LogP) is 2.61. The van der Waals surface area contributed by atoms with E-state index in [2.05, 4.69) is 41.6 Å². The summed E-state index contributed by atoms with van der Waals surface area (Å²) >= 11 is 0. The molecule has 1 aliphatic carbocycles. The first kappa shape index (κ1) is 8.67. The number of rotatable bonds is 3. The summed E-state index contributed by atoms with van der Waals surface area (Å²) in [5, 5.41) is 0. The first-order valence-electron chi connectivity index (χ1n) is 5.29. The summed E-state index contributed by atoms with van der Waals surface area (Å²) < 4.78 is 2.08. The first-order valence-corrected chi connectivity index (χ1v) is 5.29. The van der Waals surface area contributed by atoms with Crippen molar-refractivity contribution in [1.29, 1.82) is 0 Å². The van der Waals surface area contributed by atoms with E-state index in [9.17, 15) is 0 Å². The van der Waals surface area contributed by atoms with Gasteiger partial charge in [0.1, 0.15) is 0 Å². The maximum absolute atomic E-state index is 3.54. The van der Waals surface area contributed by atoms with Gasteiger partial charge in [0, 0.05) is 18.4 Å². The van der Waals surface area contributed by atoms with Crippen molar-refractivity contribution in [1.82, 2.24) is 4.68 Å². The highest BCUT2D eigenvalue weighted by Crippen LogP contribution is 2.28. The summed E-state index contributed by atoms with van der Waals surface area (Å²) in [6.45, 7) is 2.29. The number of aromatic nitrogens is 1. The smallest absolute Gasteiger partial charge is 0.0452 e. The van der Waals surface area contributed by atoms with E-state index in [1.807, 2.05) is 0 Å². The molecule has 1 heterocycles. The van der Waals surface area contributed by atoms with Crippen LogP contribution in [0.3, 0.4) is 0 Å². The second-order valence-electron chi connectivity index (χ2n) is 3.93. The molecule has 72 valence electrons. The van der Waals surface area contributed by atoms with Crippen LogP contribution in [0.15, 0.2) is 24.5 Å². The number of hydrogen-bond donors (Lipinski definition) is 1. The Morgan fingerprint density at radius 3 is 2.77 bits per heavy atom. The summed E-state index contributed by atoms with van der Waals surface area (Å²) in [7, 11) is 0. The van der Waals surface area contributed by atoms with E-state index < -0.39 is 0 Å². The lowest BCUT2D eigenvalue weighted by molar-refractivity contribution is 0.462. The molecule has 0 aliphatic heterocycles. The van der Waals surface area contributed by atoms with Crippen LogP contribution in [0.4, 0.5) is 0 Å². The molecule has 13 heavy (non-hydrogen) atoms. The van der Waals surface area contributed by atoms with Gasteiger partial charge >= 0.3 is 0 Å². The summed E-state index contributed by atoms with van der Waals surface area (Å²) in [4.78, 5) is 0. The molecule has 1 N–H and O–H groups in total. The third-order valence-electron chi connectivity index (χ3n) is 3.10. The van der Waals surface area contributed by atoms with E-state index in [0.717, 1.165) is 5.92 Å². The van der Waals surface area contributed by atoms with Gasteiger partial charge in [-0.15, -0.1) is 0 Å². The van der Waals surface area contributed by atoms with Crippen LogP contribution in [0.1, 0.15) is 32.6 Å². The van der Waals surface area contributed by atoms with Gasteiger partial charge in [-0.1, -0.05) is 19.8 Å². The van der Waals surface area contributed by atoms with Gasteiger partial charge in [0.15, 0.2) is 0 Å². The van der Waals surface area contributed by atoms with E-state index in [1.165, 1.54) is 25.7 Å². The molecule has 0 saturated heterocycles. The lowest BCUT2D eigenvalue weighted by Gasteiger charge is -2.21. The van der Waals surface area contributed by atoms with E-state index in [4.69, 9.17) is 0 Å². The maximum atomic E-state index is 3.54. The van der Waals surface area contributed by atoms with Crippen LogP contribution < -0.4 is 5.43 Å². The van der Waals surface area contributed by atoms with Gasteiger partial charge in [-0.25, -0.2) is 0 Å². The monoisotopic (exact) mass is 178 g/mol. The van der Waals surface area contributed by atoms with Gasteiger partial charge in [0.25, 0.3) is 0 Å². The molecule has 2 atom stereocenters. The fourth-order valence-corrected chi connectivity index (χ4v) is 2.31. The normalized spacial score (nSPS) is 27.8. The minimum atomic E-state index is 0.692. The quantitative estimate of drug-likeness (QED) is 0.753. The van der Waals surface area contributed by atoms with Crippen LogP contribution >= 0.6 is 0 Å². The molecule has 1 saturated carbocycles. The predicted molar refractivity (Wildman–Crippen MR) is 55.2 cm³/mol. The van der Waals surface area contributed by atoms with Crippen molar-refractivity contribution in [3.8, 4) is 0 Å². The SMILES string of the molecule is CCC1CCCC1Nn1cccc1. The van der Waals surface area contributed by atoms with Gasteiger partial charge in [-0.05, 0) is 30.9 Å². The molecular formula is C11H18N2. The Labute approximate surface area is 79.9 Å². The second-order valence-corrected chi connectivity index (χ2v) is 3.93. The fraction of sp³-hybridized carbons (Fsp3) is 0.636. The zero-order valence-electron chi connectivity index (χ0n) is 8.24. The van der Waals surface area contributed by atoms with E-state index >= 15 is 0 Å². The van der Waals surface area contributed by atoms with Crippen LogP contribution in [0.2, 0.25) is 0 Å². The van der Waals surface area contributed by atoms with Crippen molar-refractivity contribution < 1.29 is 0 Å². The van der Waals surface area contributed by atoms with Crippen molar-refractivity contribution >= 4 is 0 Å². The van der Waals surface area contributed by atoms with Crippen LogP contribution in [-0.2, 0) is 0 Å². The fourth-order valence-electron chi connectivity index (χ4n) is 2.31. The highest BCUT2D eigenvalue weighted by molar-refractivity contribution is 4.98. The lowest BCUT2D eigenvalue weighted by atomic mass is 10.0. The average molecular weight is 178 g/mol. The molecule has 2 unspecified atom stereocenters. The highest BCUT2D eigenvalue weighted by Gasteiger charge is 2.25. The van der Waals surface area contributed by atoms with Crippen molar-refractivity contribution in [2.24, 2.45) is 5.92 Å². The summed E-state index contributed by atoms with van der Waals surface area (Å²) in [6.07, 6.45) is 9.57. The minimum absolute atomic E-state index is 0.692. The third kappa shape index (κ3) is 1.87. The molecule has 0 radical (unpaired) electrons. The lowest BCUT2D eigenvalue weighted by Crippen LogP contribution is -2.29. The van der Waals surface area contributed by atoms with Gasteiger partial charge in [0.05, 0.1) is 0 Å². The molecule has 0 bridgehead atoms. The molecular weight excluding hydrogens is 160 g/mol. The first-order chi connectivity index (χ1) is 6.40. The van der Waals surface area contributed by atoms with Crippen LogP contribution in [0.25, 0.3) is 0 Å². The minimum Gasteiger partial charge on any atom is -0.323 e. The molecule has 2 nitrogen and oxygen atoms in total. The number of hydrogen-bond acceptors (Lipinski definition) is 1. The van der Waals surface area contributed by atoms with Crippen molar-refractivity contribution in [3.63, 3.8) is 0 Å². The molecule has 0 amide bonds. The molecule has 0 spiro atoms. The Hall–Kier alpha value is -0.920. The van der Waals surface area contributed by atoms with Crippen LogP contribution in [0.5, 0.6) is 0 Å². The zero-order chi connectivity index (χ0) is 9.10. The summed E-state index contributed by atoms with van der Waals surface area (Å²) in [6, 6.07) is 4.81. The Morgan fingerprint density at radius 1 is 1.31 bits per heavy atom. The summed E-state index contributed by atoms with van der Waals surface area (Å²) in [5.74, 6) is 0.877. The Kier molecular flexibility index (Phi) is 2.57. The maximum Gasteiger partial charge on any atom is 0.0452 e. The standard InChI is InChI=1S/C11H18N2/c1-2-10-6-5-7-11(10)12-13-8-3-4-9-13/h3-4,8-12H,2,5-7H2,1H3.